The van der Waals surface area contributed by atoms with Crippen LogP contribution in [-0.2, 0) is 4.79 Å². The molecule has 1 amide bonds. The van der Waals surface area contributed by atoms with Gasteiger partial charge in [0.1, 0.15) is 0 Å². The highest BCUT2D eigenvalue weighted by atomic mass is 16.1. The summed E-state index contributed by atoms with van der Waals surface area (Å²) in [6, 6.07) is 2.01. The number of carbonyl (C=O) groups excluding carboxylic acids is 1. The van der Waals surface area contributed by atoms with Gasteiger partial charge in [0.05, 0.1) is 12.1 Å². The van der Waals surface area contributed by atoms with Crippen LogP contribution in [0.4, 0.5) is 0 Å². The summed E-state index contributed by atoms with van der Waals surface area (Å²) in [5.74, 6) is -0.221. The first kappa shape index (κ1) is 11.0. The van der Waals surface area contributed by atoms with E-state index in [1.54, 1.807) is 0 Å². The van der Waals surface area contributed by atoms with Crippen LogP contribution in [0.5, 0.6) is 0 Å². The van der Waals surface area contributed by atoms with Crippen LogP contribution < -0.4 is 5.73 Å². The molecule has 1 saturated heterocycles. The fourth-order valence-corrected chi connectivity index (χ4v) is 1.94. The SMILES string of the molecule is N#CCCCN1CCCCC1C(N)=O. The number of primary amides is 1. The summed E-state index contributed by atoms with van der Waals surface area (Å²) < 4.78 is 0. The molecule has 1 heterocycles. The van der Waals surface area contributed by atoms with E-state index in [2.05, 4.69) is 11.0 Å². The lowest BCUT2D eigenvalue weighted by molar-refractivity contribution is -0.124. The minimum absolute atomic E-state index is 0.0950. The quantitative estimate of drug-likeness (QED) is 0.669. The van der Waals surface area contributed by atoms with Crippen LogP contribution in [0.1, 0.15) is 32.1 Å². The summed E-state index contributed by atoms with van der Waals surface area (Å²) >= 11 is 0. The molecule has 4 heteroatoms. The van der Waals surface area contributed by atoms with Gasteiger partial charge in [-0.1, -0.05) is 6.42 Å². The summed E-state index contributed by atoms with van der Waals surface area (Å²) in [6.45, 7) is 1.76. The molecule has 0 bridgehead atoms. The van der Waals surface area contributed by atoms with Gasteiger partial charge in [-0.3, -0.25) is 9.69 Å². The number of rotatable bonds is 4. The average Bonchev–Trinajstić information content (AvgIpc) is 2.19. The molecule has 4 nitrogen and oxygen atoms in total. The standard InChI is InChI=1S/C10H17N3O/c11-6-2-4-8-13-7-3-1-5-9(13)10(12)14/h9H,1-5,7-8H2,(H2,12,14). The van der Waals surface area contributed by atoms with Crippen molar-refractivity contribution in [2.24, 2.45) is 5.73 Å². The molecule has 0 spiro atoms. The summed E-state index contributed by atoms with van der Waals surface area (Å²) in [6.07, 6.45) is 4.49. The first-order valence-corrected chi connectivity index (χ1v) is 5.16. The Bertz CT molecular complexity index is 234. The lowest BCUT2D eigenvalue weighted by atomic mass is 10.0. The molecule has 0 radical (unpaired) electrons. The van der Waals surface area contributed by atoms with Gasteiger partial charge in [-0.2, -0.15) is 5.26 Å². The average molecular weight is 195 g/mol. The van der Waals surface area contributed by atoms with E-state index < -0.39 is 0 Å². The number of nitrogens with zero attached hydrogens (tertiary/aromatic N) is 2. The van der Waals surface area contributed by atoms with Gasteiger partial charge < -0.3 is 5.73 Å². The van der Waals surface area contributed by atoms with E-state index in [1.165, 1.54) is 0 Å². The van der Waals surface area contributed by atoms with Gasteiger partial charge in [0.2, 0.25) is 5.91 Å². The Balaban J connectivity index is 2.38. The van der Waals surface area contributed by atoms with Crippen LogP contribution in [0.3, 0.4) is 0 Å². The topological polar surface area (TPSA) is 70.1 Å². The number of nitriles is 1. The van der Waals surface area contributed by atoms with E-state index in [-0.39, 0.29) is 11.9 Å². The largest absolute Gasteiger partial charge is 0.368 e. The molecule has 1 aliphatic rings. The Morgan fingerprint density at radius 3 is 3.00 bits per heavy atom. The van der Waals surface area contributed by atoms with E-state index >= 15 is 0 Å². The Hall–Kier alpha value is -1.08. The predicted octanol–water partition coefficient (Wildman–Crippen LogP) is 0.630. The Morgan fingerprint density at radius 2 is 2.36 bits per heavy atom. The van der Waals surface area contributed by atoms with Gasteiger partial charge in [0, 0.05) is 6.42 Å². The highest BCUT2D eigenvalue weighted by molar-refractivity contribution is 5.79. The number of unbranched alkanes of at least 4 members (excludes halogenated alkanes) is 1. The highest BCUT2D eigenvalue weighted by Crippen LogP contribution is 2.16. The molecule has 1 fully saturated rings. The number of amides is 1. The van der Waals surface area contributed by atoms with Crippen molar-refractivity contribution in [2.75, 3.05) is 13.1 Å². The molecule has 0 aromatic rings. The third-order valence-electron chi connectivity index (χ3n) is 2.68. The maximum absolute atomic E-state index is 11.1. The van der Waals surface area contributed by atoms with Crippen LogP contribution in [0.15, 0.2) is 0 Å². The first-order valence-electron chi connectivity index (χ1n) is 5.16. The van der Waals surface area contributed by atoms with Crippen molar-refractivity contribution in [1.29, 1.82) is 5.26 Å². The lowest BCUT2D eigenvalue weighted by Crippen LogP contribution is -2.47. The Labute approximate surface area is 84.7 Å². The predicted molar refractivity (Wildman–Crippen MR) is 53.3 cm³/mol. The van der Waals surface area contributed by atoms with Crippen molar-refractivity contribution in [1.82, 2.24) is 4.90 Å². The van der Waals surface area contributed by atoms with Gasteiger partial charge in [0.25, 0.3) is 0 Å². The van der Waals surface area contributed by atoms with Gasteiger partial charge in [-0.25, -0.2) is 0 Å². The number of likely N-dealkylation sites (tertiary alicyclic amines) is 1. The molecule has 0 aromatic heterocycles. The minimum Gasteiger partial charge on any atom is -0.368 e. The number of piperidine rings is 1. The van der Waals surface area contributed by atoms with Gasteiger partial charge >= 0.3 is 0 Å². The third-order valence-corrected chi connectivity index (χ3v) is 2.68. The zero-order valence-electron chi connectivity index (χ0n) is 8.41. The number of hydrogen-bond acceptors (Lipinski definition) is 3. The highest BCUT2D eigenvalue weighted by Gasteiger charge is 2.25. The van der Waals surface area contributed by atoms with Gasteiger partial charge in [-0.05, 0) is 32.4 Å². The molecule has 78 valence electrons. The number of hydrogen-bond donors (Lipinski definition) is 1. The molecule has 1 rings (SSSR count). The summed E-state index contributed by atoms with van der Waals surface area (Å²) in [4.78, 5) is 13.2. The van der Waals surface area contributed by atoms with E-state index in [0.29, 0.717) is 6.42 Å². The van der Waals surface area contributed by atoms with Crippen molar-refractivity contribution in [3.8, 4) is 6.07 Å². The monoisotopic (exact) mass is 195 g/mol. The Kier molecular flexibility index (Phi) is 4.41. The second kappa shape index (κ2) is 5.61. The number of nitrogens with two attached hydrogens (primary N) is 1. The summed E-state index contributed by atoms with van der Waals surface area (Å²) in [5, 5.41) is 8.41. The van der Waals surface area contributed by atoms with Crippen molar-refractivity contribution in [3.05, 3.63) is 0 Å². The van der Waals surface area contributed by atoms with E-state index in [1.807, 2.05) is 0 Å². The van der Waals surface area contributed by atoms with Gasteiger partial charge in [-0.15, -0.1) is 0 Å². The minimum atomic E-state index is -0.221. The smallest absolute Gasteiger partial charge is 0.234 e. The van der Waals surface area contributed by atoms with Crippen LogP contribution >= 0.6 is 0 Å². The molecule has 1 unspecified atom stereocenters. The zero-order chi connectivity index (χ0) is 10.4. The fourth-order valence-electron chi connectivity index (χ4n) is 1.94. The van der Waals surface area contributed by atoms with E-state index in [0.717, 1.165) is 38.8 Å². The number of carbonyl (C=O) groups is 1. The van der Waals surface area contributed by atoms with Crippen molar-refractivity contribution in [3.63, 3.8) is 0 Å². The van der Waals surface area contributed by atoms with Crippen molar-refractivity contribution < 1.29 is 4.79 Å². The van der Waals surface area contributed by atoms with Crippen molar-refractivity contribution in [2.45, 2.75) is 38.1 Å². The van der Waals surface area contributed by atoms with Gasteiger partial charge in [0.15, 0.2) is 0 Å². The maximum Gasteiger partial charge on any atom is 0.234 e. The summed E-state index contributed by atoms with van der Waals surface area (Å²) in [5.41, 5.74) is 5.32. The van der Waals surface area contributed by atoms with E-state index in [4.69, 9.17) is 11.0 Å². The van der Waals surface area contributed by atoms with E-state index in [9.17, 15) is 4.79 Å². The molecule has 2 N–H and O–H groups in total. The second-order valence-electron chi connectivity index (χ2n) is 3.71. The van der Waals surface area contributed by atoms with Crippen LogP contribution in [0, 0.1) is 11.3 Å². The second-order valence-corrected chi connectivity index (χ2v) is 3.71. The fraction of sp³-hybridized carbons (Fsp3) is 0.800. The molecule has 0 aliphatic carbocycles. The lowest BCUT2D eigenvalue weighted by Gasteiger charge is -2.33. The normalized spacial score (nSPS) is 22.9. The first-order chi connectivity index (χ1) is 6.75. The van der Waals surface area contributed by atoms with Crippen LogP contribution in [-0.4, -0.2) is 29.9 Å². The van der Waals surface area contributed by atoms with Crippen LogP contribution in [0.25, 0.3) is 0 Å². The van der Waals surface area contributed by atoms with Crippen LogP contribution in [0.2, 0.25) is 0 Å². The van der Waals surface area contributed by atoms with Crippen molar-refractivity contribution >= 4 is 5.91 Å². The molecule has 14 heavy (non-hydrogen) atoms. The molecule has 1 atom stereocenters. The Morgan fingerprint density at radius 1 is 1.57 bits per heavy atom. The molecule has 0 saturated carbocycles. The molecule has 1 aliphatic heterocycles. The third kappa shape index (κ3) is 3.00. The maximum atomic E-state index is 11.1. The molecular formula is C10H17N3O. The molecular weight excluding hydrogens is 178 g/mol. The zero-order valence-corrected chi connectivity index (χ0v) is 8.41. The molecule has 0 aromatic carbocycles. The summed E-state index contributed by atoms with van der Waals surface area (Å²) in [7, 11) is 0.